The highest BCUT2D eigenvalue weighted by atomic mass is 35.5. The molecule has 1 rings (SSSR count). The van der Waals surface area contributed by atoms with Gasteiger partial charge in [-0.2, -0.15) is 11.8 Å². The van der Waals surface area contributed by atoms with Crippen molar-refractivity contribution in [2.45, 2.75) is 12.2 Å². The van der Waals surface area contributed by atoms with Crippen LogP contribution in [0.3, 0.4) is 0 Å². The Bertz CT molecular complexity index is 293. The molecule has 2 N–H and O–H groups in total. The van der Waals surface area contributed by atoms with Gasteiger partial charge in [0.05, 0.1) is 0 Å². The molecule has 78 valence electrons. The van der Waals surface area contributed by atoms with E-state index in [2.05, 4.69) is 0 Å². The number of benzene rings is 1. The Morgan fingerprint density at radius 3 is 2.93 bits per heavy atom. The summed E-state index contributed by atoms with van der Waals surface area (Å²) in [4.78, 5) is 0. The fraction of sp³-hybridized carbons (Fsp3) is 0.400. The fourth-order valence-electron chi connectivity index (χ4n) is 1.02. The van der Waals surface area contributed by atoms with E-state index in [4.69, 9.17) is 17.3 Å². The molecule has 0 heterocycles. The van der Waals surface area contributed by atoms with Crippen molar-refractivity contribution < 1.29 is 4.39 Å². The van der Waals surface area contributed by atoms with Crippen molar-refractivity contribution in [3.8, 4) is 0 Å². The lowest BCUT2D eigenvalue weighted by Crippen LogP contribution is -1.99. The zero-order valence-corrected chi connectivity index (χ0v) is 9.37. The average Bonchev–Trinajstić information content (AvgIpc) is 2.18. The van der Waals surface area contributed by atoms with E-state index in [-0.39, 0.29) is 5.82 Å². The summed E-state index contributed by atoms with van der Waals surface area (Å²) >= 11 is 7.63. The van der Waals surface area contributed by atoms with Crippen LogP contribution in [0.2, 0.25) is 5.02 Å². The van der Waals surface area contributed by atoms with Crippen molar-refractivity contribution in [2.24, 2.45) is 5.73 Å². The van der Waals surface area contributed by atoms with E-state index in [9.17, 15) is 4.39 Å². The van der Waals surface area contributed by atoms with Crippen LogP contribution in [0.1, 0.15) is 12.0 Å². The van der Waals surface area contributed by atoms with E-state index in [1.54, 1.807) is 17.8 Å². The molecule has 0 aliphatic heterocycles. The molecule has 0 saturated heterocycles. The number of halogens is 2. The van der Waals surface area contributed by atoms with Crippen LogP contribution in [0, 0.1) is 5.82 Å². The molecule has 0 unspecified atom stereocenters. The van der Waals surface area contributed by atoms with Gasteiger partial charge in [0.2, 0.25) is 0 Å². The van der Waals surface area contributed by atoms with Crippen LogP contribution in [0.5, 0.6) is 0 Å². The molecule has 0 radical (unpaired) electrons. The normalized spacial score (nSPS) is 10.5. The van der Waals surface area contributed by atoms with Gasteiger partial charge in [-0.25, -0.2) is 4.39 Å². The van der Waals surface area contributed by atoms with Crippen molar-refractivity contribution in [3.63, 3.8) is 0 Å². The first kappa shape index (κ1) is 11.8. The van der Waals surface area contributed by atoms with E-state index < -0.39 is 0 Å². The van der Waals surface area contributed by atoms with Gasteiger partial charge in [0.15, 0.2) is 0 Å². The summed E-state index contributed by atoms with van der Waals surface area (Å²) in [7, 11) is 0. The predicted octanol–water partition coefficient (Wildman–Crippen LogP) is 3.06. The molecule has 0 atom stereocenters. The summed E-state index contributed by atoms with van der Waals surface area (Å²) in [6.07, 6.45) is 0.984. The van der Waals surface area contributed by atoms with Crippen LogP contribution in [0.4, 0.5) is 4.39 Å². The smallest absolute Gasteiger partial charge is 0.123 e. The van der Waals surface area contributed by atoms with E-state index in [0.717, 1.165) is 23.5 Å². The molecule has 1 aromatic carbocycles. The first-order valence-electron chi connectivity index (χ1n) is 4.46. The van der Waals surface area contributed by atoms with Crippen LogP contribution < -0.4 is 5.73 Å². The van der Waals surface area contributed by atoms with Crippen molar-refractivity contribution in [3.05, 3.63) is 34.6 Å². The molecule has 0 aliphatic carbocycles. The Morgan fingerprint density at radius 1 is 1.43 bits per heavy atom. The van der Waals surface area contributed by atoms with Crippen LogP contribution in [-0.4, -0.2) is 12.3 Å². The standard InChI is InChI=1S/C10H13ClFNS/c11-10-3-2-9(12)6-8(10)7-14-5-1-4-13/h2-3,6H,1,4-5,7,13H2. The van der Waals surface area contributed by atoms with Crippen molar-refractivity contribution in [1.82, 2.24) is 0 Å². The molecule has 1 nitrogen and oxygen atoms in total. The molecule has 0 saturated carbocycles. The summed E-state index contributed by atoms with van der Waals surface area (Å²) in [5, 5.41) is 0.631. The summed E-state index contributed by atoms with van der Waals surface area (Å²) in [5.74, 6) is 1.50. The second-order valence-corrected chi connectivity index (χ2v) is 4.44. The highest BCUT2D eigenvalue weighted by molar-refractivity contribution is 7.98. The SMILES string of the molecule is NCCCSCc1cc(F)ccc1Cl. The van der Waals surface area contributed by atoms with Gasteiger partial charge in [-0.15, -0.1) is 0 Å². The van der Waals surface area contributed by atoms with Crippen molar-refractivity contribution in [2.75, 3.05) is 12.3 Å². The molecule has 0 fully saturated rings. The van der Waals surface area contributed by atoms with Crippen LogP contribution in [-0.2, 0) is 5.75 Å². The molecule has 0 aromatic heterocycles. The lowest BCUT2D eigenvalue weighted by Gasteiger charge is -2.03. The van der Waals surface area contributed by atoms with Gasteiger partial charge in [0.1, 0.15) is 5.82 Å². The second kappa shape index (κ2) is 6.27. The van der Waals surface area contributed by atoms with E-state index >= 15 is 0 Å². The molecular formula is C10H13ClFNS. The summed E-state index contributed by atoms with van der Waals surface area (Å²) in [6, 6.07) is 4.45. The maximum absolute atomic E-state index is 12.8. The Balaban J connectivity index is 2.45. The summed E-state index contributed by atoms with van der Waals surface area (Å²) in [5.41, 5.74) is 6.22. The maximum atomic E-state index is 12.8. The van der Waals surface area contributed by atoms with Gasteiger partial charge >= 0.3 is 0 Å². The van der Waals surface area contributed by atoms with Gasteiger partial charge in [0.25, 0.3) is 0 Å². The van der Waals surface area contributed by atoms with Gasteiger partial charge in [0, 0.05) is 10.8 Å². The molecule has 0 spiro atoms. The minimum atomic E-state index is -0.233. The minimum absolute atomic E-state index is 0.233. The Morgan fingerprint density at radius 2 is 2.21 bits per heavy atom. The highest BCUT2D eigenvalue weighted by Crippen LogP contribution is 2.22. The second-order valence-electron chi connectivity index (χ2n) is 2.93. The first-order valence-corrected chi connectivity index (χ1v) is 5.99. The van der Waals surface area contributed by atoms with Gasteiger partial charge in [-0.3, -0.25) is 0 Å². The average molecular weight is 234 g/mol. The van der Waals surface area contributed by atoms with E-state index in [1.165, 1.54) is 12.1 Å². The van der Waals surface area contributed by atoms with Gasteiger partial charge < -0.3 is 5.73 Å². The Kier molecular flexibility index (Phi) is 5.30. The van der Waals surface area contributed by atoms with E-state index in [1.807, 2.05) is 0 Å². The Hall–Kier alpha value is -0.250. The van der Waals surface area contributed by atoms with Crippen molar-refractivity contribution >= 4 is 23.4 Å². The highest BCUT2D eigenvalue weighted by Gasteiger charge is 2.01. The molecule has 0 bridgehead atoms. The predicted molar refractivity (Wildman–Crippen MR) is 61.2 cm³/mol. The Labute approximate surface area is 92.8 Å². The van der Waals surface area contributed by atoms with Gasteiger partial charge in [-0.05, 0) is 42.5 Å². The van der Waals surface area contributed by atoms with Crippen molar-refractivity contribution in [1.29, 1.82) is 0 Å². The molecule has 4 heteroatoms. The number of nitrogens with two attached hydrogens (primary N) is 1. The largest absolute Gasteiger partial charge is 0.330 e. The molecule has 1 aromatic rings. The molecule has 14 heavy (non-hydrogen) atoms. The van der Waals surface area contributed by atoms with Crippen LogP contribution in [0.25, 0.3) is 0 Å². The quantitative estimate of drug-likeness (QED) is 0.792. The fourth-order valence-corrected chi connectivity index (χ4v) is 2.26. The molecular weight excluding hydrogens is 221 g/mol. The lowest BCUT2D eigenvalue weighted by atomic mass is 10.2. The number of hydrogen-bond acceptors (Lipinski definition) is 2. The zero-order valence-electron chi connectivity index (χ0n) is 7.80. The zero-order chi connectivity index (χ0) is 10.4. The third-order valence-corrected chi connectivity index (χ3v) is 3.22. The van der Waals surface area contributed by atoms with Gasteiger partial charge in [-0.1, -0.05) is 11.6 Å². The summed E-state index contributed by atoms with van der Waals surface area (Å²) in [6.45, 7) is 0.698. The third-order valence-electron chi connectivity index (χ3n) is 1.76. The minimum Gasteiger partial charge on any atom is -0.330 e. The monoisotopic (exact) mass is 233 g/mol. The van der Waals surface area contributed by atoms with Crippen LogP contribution >= 0.6 is 23.4 Å². The number of thioether (sulfide) groups is 1. The molecule has 0 aliphatic rings. The topological polar surface area (TPSA) is 26.0 Å². The van der Waals surface area contributed by atoms with E-state index in [0.29, 0.717) is 11.6 Å². The first-order chi connectivity index (χ1) is 6.74. The lowest BCUT2D eigenvalue weighted by molar-refractivity contribution is 0.626. The third kappa shape index (κ3) is 3.86. The molecule has 0 amide bonds. The number of rotatable bonds is 5. The number of hydrogen-bond donors (Lipinski definition) is 1. The maximum Gasteiger partial charge on any atom is 0.123 e. The van der Waals surface area contributed by atoms with Crippen LogP contribution in [0.15, 0.2) is 18.2 Å². The summed E-state index contributed by atoms with van der Waals surface area (Å²) < 4.78 is 12.8.